The van der Waals surface area contributed by atoms with Crippen LogP contribution in [0.4, 0.5) is 10.1 Å². The summed E-state index contributed by atoms with van der Waals surface area (Å²) >= 11 is 0. The molecule has 3 aromatic heterocycles. The van der Waals surface area contributed by atoms with E-state index >= 15 is 0 Å². The maximum atomic E-state index is 14.1. The van der Waals surface area contributed by atoms with E-state index in [1.807, 2.05) is 0 Å². The van der Waals surface area contributed by atoms with E-state index < -0.39 is 20.7 Å². The van der Waals surface area contributed by atoms with Gasteiger partial charge in [0.25, 0.3) is 15.6 Å². The molecule has 0 aliphatic heterocycles. The quantitative estimate of drug-likeness (QED) is 0.494. The minimum Gasteiger partial charge on any atom is -0.476 e. The number of hydrogen-bond acceptors (Lipinski definition) is 6. The predicted molar refractivity (Wildman–Crippen MR) is 113 cm³/mol. The van der Waals surface area contributed by atoms with Crippen molar-refractivity contribution >= 4 is 21.4 Å². The van der Waals surface area contributed by atoms with Gasteiger partial charge in [-0.25, -0.2) is 22.8 Å². The highest BCUT2D eigenvalue weighted by atomic mass is 32.2. The summed E-state index contributed by atoms with van der Waals surface area (Å²) in [6.07, 6.45) is 4.50. The first-order chi connectivity index (χ1) is 14.9. The molecule has 1 aromatic carbocycles. The fraction of sp³-hybridized carbons (Fsp3) is 0.0952. The number of anilines is 1. The fourth-order valence-electron chi connectivity index (χ4n) is 3.00. The molecule has 0 radical (unpaired) electrons. The lowest BCUT2D eigenvalue weighted by Gasteiger charge is -2.14. The average molecular weight is 440 g/mol. The molecule has 0 saturated heterocycles. The van der Waals surface area contributed by atoms with Crippen molar-refractivity contribution < 1.29 is 17.5 Å². The van der Waals surface area contributed by atoms with Gasteiger partial charge < -0.3 is 4.74 Å². The molecule has 0 bridgehead atoms. The van der Waals surface area contributed by atoms with Gasteiger partial charge in [-0.05, 0) is 37.3 Å². The highest BCUT2D eigenvalue weighted by molar-refractivity contribution is 7.92. The van der Waals surface area contributed by atoms with Crippen LogP contribution in [-0.4, -0.2) is 29.4 Å². The van der Waals surface area contributed by atoms with E-state index in [2.05, 4.69) is 14.7 Å². The largest absolute Gasteiger partial charge is 0.476 e. The summed E-state index contributed by atoms with van der Waals surface area (Å²) in [6, 6.07) is 11.3. The van der Waals surface area contributed by atoms with E-state index in [1.54, 1.807) is 25.3 Å². The minimum atomic E-state index is -4.24. The van der Waals surface area contributed by atoms with Crippen molar-refractivity contribution in [1.82, 2.24) is 14.4 Å². The molecule has 0 aliphatic carbocycles. The molecule has 4 rings (SSSR count). The maximum absolute atomic E-state index is 14.1. The van der Waals surface area contributed by atoms with Gasteiger partial charge in [-0.15, -0.1) is 0 Å². The van der Waals surface area contributed by atoms with Crippen LogP contribution in [0.25, 0.3) is 16.8 Å². The number of nitrogens with one attached hydrogen (secondary N) is 1. The van der Waals surface area contributed by atoms with Crippen LogP contribution >= 0.6 is 0 Å². The summed E-state index contributed by atoms with van der Waals surface area (Å²) in [5, 5.41) is 0. The third kappa shape index (κ3) is 4.10. The third-order valence-electron chi connectivity index (χ3n) is 4.42. The normalized spacial score (nSPS) is 11.4. The number of sulfonamides is 1. The second-order valence-corrected chi connectivity index (χ2v) is 8.13. The first-order valence-electron chi connectivity index (χ1n) is 9.27. The smallest absolute Gasteiger partial charge is 0.264 e. The number of aromatic nitrogens is 3. The molecule has 31 heavy (non-hydrogen) atoms. The van der Waals surface area contributed by atoms with Crippen molar-refractivity contribution in [3.05, 3.63) is 83.3 Å². The Hall–Kier alpha value is -3.79. The fourth-order valence-corrected chi connectivity index (χ4v) is 4.13. The van der Waals surface area contributed by atoms with Gasteiger partial charge in [0.05, 0.1) is 6.61 Å². The Bertz CT molecular complexity index is 1440. The molecule has 0 spiro atoms. The molecule has 10 heteroatoms. The minimum absolute atomic E-state index is 0.0428. The molecular formula is C21H17FN4O4S. The Morgan fingerprint density at radius 1 is 1.10 bits per heavy atom. The van der Waals surface area contributed by atoms with Gasteiger partial charge in [0.1, 0.15) is 22.0 Å². The number of benzene rings is 1. The topological polar surface area (TPSA) is 103 Å². The summed E-state index contributed by atoms with van der Waals surface area (Å²) in [4.78, 5) is 19.9. The Morgan fingerprint density at radius 3 is 2.68 bits per heavy atom. The molecule has 0 amide bonds. The number of fused-ring (bicyclic) bond motifs is 1. The Morgan fingerprint density at radius 2 is 1.90 bits per heavy atom. The Kier molecular flexibility index (Phi) is 5.38. The lowest BCUT2D eigenvalue weighted by Crippen LogP contribution is -2.16. The van der Waals surface area contributed by atoms with Gasteiger partial charge in [0.15, 0.2) is 0 Å². The van der Waals surface area contributed by atoms with E-state index in [0.717, 1.165) is 12.1 Å². The molecule has 4 aromatic rings. The summed E-state index contributed by atoms with van der Waals surface area (Å²) in [5.41, 5.74) is 1.37. The van der Waals surface area contributed by atoms with Crippen LogP contribution in [0.3, 0.4) is 0 Å². The molecule has 8 nitrogen and oxygen atoms in total. The van der Waals surface area contributed by atoms with Crippen LogP contribution in [0, 0.1) is 5.82 Å². The van der Waals surface area contributed by atoms with Crippen molar-refractivity contribution in [2.45, 2.75) is 11.8 Å². The molecule has 0 fully saturated rings. The lowest BCUT2D eigenvalue weighted by molar-refractivity contribution is 0.329. The monoisotopic (exact) mass is 440 g/mol. The summed E-state index contributed by atoms with van der Waals surface area (Å²) in [6.45, 7) is 1.98. The lowest BCUT2D eigenvalue weighted by atomic mass is 10.1. The molecule has 3 heterocycles. The number of nitrogens with zero attached hydrogens (tertiary/aromatic N) is 3. The molecule has 0 unspecified atom stereocenters. The van der Waals surface area contributed by atoms with Crippen LogP contribution in [-0.2, 0) is 10.0 Å². The van der Waals surface area contributed by atoms with Crippen molar-refractivity contribution in [2.24, 2.45) is 0 Å². The van der Waals surface area contributed by atoms with Crippen LogP contribution in [0.1, 0.15) is 6.92 Å². The zero-order valence-corrected chi connectivity index (χ0v) is 17.1. The summed E-state index contributed by atoms with van der Waals surface area (Å²) in [5.74, 6) is -0.829. The molecule has 0 atom stereocenters. The van der Waals surface area contributed by atoms with Crippen LogP contribution in [0.5, 0.6) is 5.88 Å². The number of rotatable bonds is 6. The average Bonchev–Trinajstić information content (AvgIpc) is 2.75. The molecule has 158 valence electrons. The first kappa shape index (κ1) is 20.5. The number of hydrogen-bond donors (Lipinski definition) is 1. The van der Waals surface area contributed by atoms with Gasteiger partial charge in [0.2, 0.25) is 5.88 Å². The SMILES string of the molecule is CCOc1ncc(-c2ccc3nccc(=O)n3c2)cc1NS(=O)(=O)c1ccccc1F. The molecule has 0 saturated carbocycles. The van der Waals surface area contributed by atoms with Crippen molar-refractivity contribution in [3.8, 4) is 17.0 Å². The van der Waals surface area contributed by atoms with E-state index in [9.17, 15) is 17.6 Å². The van der Waals surface area contributed by atoms with Gasteiger partial charge in [-0.1, -0.05) is 12.1 Å². The Labute approximate surface area is 177 Å². The molecule has 0 aliphatic rings. The number of ether oxygens (including phenoxy) is 1. The van der Waals surface area contributed by atoms with Crippen molar-refractivity contribution in [3.63, 3.8) is 0 Å². The maximum Gasteiger partial charge on any atom is 0.264 e. The van der Waals surface area contributed by atoms with E-state index in [1.165, 1.54) is 41.1 Å². The number of halogens is 1. The van der Waals surface area contributed by atoms with E-state index in [-0.39, 0.29) is 23.7 Å². The second kappa shape index (κ2) is 8.15. The standard InChI is InChI=1S/C21H17FN4O4S/c1-2-30-21-17(25-31(28,29)18-6-4-3-5-16(18)22)11-15(12-24-21)14-7-8-19-23-10-9-20(27)26(19)13-14/h3-13,25H,2H2,1H3. The van der Waals surface area contributed by atoms with E-state index in [4.69, 9.17) is 4.74 Å². The van der Waals surface area contributed by atoms with Gasteiger partial charge in [-0.3, -0.25) is 13.9 Å². The first-order valence-corrected chi connectivity index (χ1v) is 10.8. The number of pyridine rings is 2. The van der Waals surface area contributed by atoms with Crippen LogP contribution in [0.2, 0.25) is 0 Å². The Balaban J connectivity index is 1.80. The van der Waals surface area contributed by atoms with Crippen LogP contribution in [0.15, 0.2) is 76.8 Å². The third-order valence-corrected chi connectivity index (χ3v) is 5.82. The van der Waals surface area contributed by atoms with Crippen LogP contribution < -0.4 is 15.0 Å². The van der Waals surface area contributed by atoms with Gasteiger partial charge >= 0.3 is 0 Å². The zero-order valence-electron chi connectivity index (χ0n) is 16.3. The summed E-state index contributed by atoms with van der Waals surface area (Å²) in [7, 11) is -4.24. The molecule has 1 N–H and O–H groups in total. The zero-order chi connectivity index (χ0) is 22.0. The second-order valence-electron chi connectivity index (χ2n) is 6.47. The van der Waals surface area contributed by atoms with Gasteiger partial charge in [0, 0.05) is 35.8 Å². The molecular weight excluding hydrogens is 423 g/mol. The van der Waals surface area contributed by atoms with Crippen molar-refractivity contribution in [2.75, 3.05) is 11.3 Å². The van der Waals surface area contributed by atoms with Crippen molar-refractivity contribution in [1.29, 1.82) is 0 Å². The summed E-state index contributed by atoms with van der Waals surface area (Å²) < 4.78 is 48.7. The van der Waals surface area contributed by atoms with Gasteiger partial charge in [-0.2, -0.15) is 0 Å². The highest BCUT2D eigenvalue weighted by Crippen LogP contribution is 2.30. The van der Waals surface area contributed by atoms with E-state index in [0.29, 0.717) is 16.8 Å². The highest BCUT2D eigenvalue weighted by Gasteiger charge is 2.21. The predicted octanol–water partition coefficient (Wildman–Crippen LogP) is 3.10.